The first-order valence-corrected chi connectivity index (χ1v) is 8.35. The van der Waals surface area contributed by atoms with Gasteiger partial charge in [0.1, 0.15) is 19.0 Å². The highest BCUT2D eigenvalue weighted by molar-refractivity contribution is 7.62. The summed E-state index contributed by atoms with van der Waals surface area (Å²) in [5.41, 5.74) is 0.985. The van der Waals surface area contributed by atoms with Gasteiger partial charge < -0.3 is 9.79 Å². The van der Waals surface area contributed by atoms with Crippen LogP contribution in [0.2, 0.25) is 0 Å². The second kappa shape index (κ2) is 5.46. The SMILES string of the molecule is C/C(=C\[P+]1([O-])OCC(C)(C)CO1)N1CCCCC1. The molecule has 0 N–H and O–H groups in total. The van der Waals surface area contributed by atoms with Gasteiger partial charge in [-0.05, 0) is 26.2 Å². The average molecular weight is 273 g/mol. The predicted octanol–water partition coefficient (Wildman–Crippen LogP) is 2.53. The van der Waals surface area contributed by atoms with Crippen molar-refractivity contribution < 1.29 is 13.9 Å². The number of allylic oxidation sites excluding steroid dienone is 1. The molecule has 0 unspecified atom stereocenters. The first kappa shape index (κ1) is 14.3. The first-order chi connectivity index (χ1) is 8.40. The standard InChI is InChI=1S/C13H24NO3P/c1-12(14-7-5-4-6-8-14)9-18(15)16-10-13(2,3)11-17-18/h9H,4-8,10-11H2,1-3H3/b12-9+. The molecule has 2 rings (SSSR count). The molecule has 0 aliphatic carbocycles. The lowest BCUT2D eigenvalue weighted by Gasteiger charge is -2.37. The number of nitrogens with zero attached hydrogens (tertiary/aromatic N) is 1. The Hall–Kier alpha value is -0.150. The van der Waals surface area contributed by atoms with Gasteiger partial charge in [0.15, 0.2) is 0 Å². The van der Waals surface area contributed by atoms with Gasteiger partial charge >= 0.3 is 0 Å². The molecule has 2 fully saturated rings. The quantitative estimate of drug-likeness (QED) is 0.725. The van der Waals surface area contributed by atoms with Crippen molar-refractivity contribution in [3.8, 4) is 0 Å². The Labute approximate surface area is 111 Å². The topological polar surface area (TPSA) is 44.8 Å². The van der Waals surface area contributed by atoms with E-state index in [1.54, 1.807) is 5.82 Å². The van der Waals surface area contributed by atoms with Crippen molar-refractivity contribution in [1.82, 2.24) is 4.90 Å². The van der Waals surface area contributed by atoms with E-state index < -0.39 is 7.94 Å². The van der Waals surface area contributed by atoms with Crippen LogP contribution in [0.1, 0.15) is 40.0 Å². The molecule has 0 aromatic heterocycles. The van der Waals surface area contributed by atoms with Crippen LogP contribution in [0.5, 0.6) is 0 Å². The zero-order valence-corrected chi connectivity index (χ0v) is 12.5. The van der Waals surface area contributed by atoms with Gasteiger partial charge in [-0.15, -0.1) is 0 Å². The summed E-state index contributed by atoms with van der Waals surface area (Å²) in [5, 5.41) is 0. The third-order valence-electron chi connectivity index (χ3n) is 3.47. The molecular formula is C13H24NO3P. The molecule has 4 nitrogen and oxygen atoms in total. The fourth-order valence-corrected chi connectivity index (χ4v) is 4.14. The highest BCUT2D eigenvalue weighted by Crippen LogP contribution is 2.59. The second-order valence-corrected chi connectivity index (χ2v) is 7.92. The maximum atomic E-state index is 12.4. The van der Waals surface area contributed by atoms with Gasteiger partial charge in [0.2, 0.25) is 0 Å². The van der Waals surface area contributed by atoms with Gasteiger partial charge in [-0.25, -0.2) is 9.05 Å². The molecule has 104 valence electrons. The summed E-state index contributed by atoms with van der Waals surface area (Å²) < 4.78 is 10.9. The molecule has 0 aromatic rings. The normalized spacial score (nSPS) is 28.2. The zero-order valence-electron chi connectivity index (χ0n) is 11.6. The van der Waals surface area contributed by atoms with Crippen LogP contribution in [0.15, 0.2) is 11.5 Å². The number of likely N-dealkylation sites (tertiary alicyclic amines) is 1. The molecule has 0 radical (unpaired) electrons. The summed E-state index contributed by atoms with van der Waals surface area (Å²) in [6, 6.07) is 0. The molecule has 0 atom stereocenters. The highest BCUT2D eigenvalue weighted by Gasteiger charge is 2.40. The minimum absolute atomic E-state index is 0.0409. The molecule has 5 heteroatoms. The van der Waals surface area contributed by atoms with E-state index in [1.165, 1.54) is 19.3 Å². The minimum atomic E-state index is -3.02. The van der Waals surface area contributed by atoms with Gasteiger partial charge in [-0.2, -0.15) is 0 Å². The van der Waals surface area contributed by atoms with Crippen molar-refractivity contribution in [3.05, 3.63) is 11.5 Å². The van der Waals surface area contributed by atoms with E-state index in [4.69, 9.17) is 9.05 Å². The molecular weight excluding hydrogens is 249 g/mol. The van der Waals surface area contributed by atoms with Crippen LogP contribution in [0.4, 0.5) is 0 Å². The second-order valence-electron chi connectivity index (χ2n) is 6.07. The van der Waals surface area contributed by atoms with Gasteiger partial charge in [0.25, 0.3) is 7.94 Å². The average Bonchev–Trinajstić information content (AvgIpc) is 2.35. The van der Waals surface area contributed by atoms with Crippen LogP contribution in [0.3, 0.4) is 0 Å². The van der Waals surface area contributed by atoms with E-state index in [2.05, 4.69) is 18.7 Å². The van der Waals surface area contributed by atoms with Crippen LogP contribution in [0, 0.1) is 5.41 Å². The Bertz CT molecular complexity index is 314. The zero-order chi connectivity index (χ0) is 13.2. The van der Waals surface area contributed by atoms with Crippen LogP contribution < -0.4 is 4.89 Å². The number of hydrogen-bond donors (Lipinski definition) is 0. The van der Waals surface area contributed by atoms with E-state index in [1.807, 2.05) is 6.92 Å². The van der Waals surface area contributed by atoms with E-state index >= 15 is 0 Å². The number of piperidine rings is 1. The van der Waals surface area contributed by atoms with E-state index in [0.717, 1.165) is 18.8 Å². The van der Waals surface area contributed by atoms with Crippen molar-refractivity contribution in [1.29, 1.82) is 0 Å². The Morgan fingerprint density at radius 3 is 2.28 bits per heavy atom. The summed E-state index contributed by atoms with van der Waals surface area (Å²) in [5.74, 6) is 1.70. The fourth-order valence-electron chi connectivity index (χ4n) is 2.24. The summed E-state index contributed by atoms with van der Waals surface area (Å²) in [7, 11) is -3.02. The van der Waals surface area contributed by atoms with Crippen molar-refractivity contribution in [3.63, 3.8) is 0 Å². The smallest absolute Gasteiger partial charge is 0.265 e. The van der Waals surface area contributed by atoms with Crippen molar-refractivity contribution in [2.45, 2.75) is 40.0 Å². The van der Waals surface area contributed by atoms with Crippen molar-refractivity contribution >= 4 is 7.94 Å². The lowest BCUT2D eigenvalue weighted by atomic mass is 9.97. The van der Waals surface area contributed by atoms with Gasteiger partial charge in [-0.3, -0.25) is 0 Å². The third-order valence-corrected chi connectivity index (χ3v) is 5.14. The molecule has 0 amide bonds. The lowest BCUT2D eigenvalue weighted by molar-refractivity contribution is -0.228. The molecule has 0 saturated carbocycles. The van der Waals surface area contributed by atoms with E-state index in [0.29, 0.717) is 13.2 Å². The summed E-state index contributed by atoms with van der Waals surface area (Å²) in [6.07, 6.45) is 3.72. The Morgan fingerprint density at radius 1 is 1.17 bits per heavy atom. The molecule has 0 aromatic carbocycles. The lowest BCUT2D eigenvalue weighted by Crippen LogP contribution is -2.35. The maximum absolute atomic E-state index is 12.4. The molecule has 0 spiro atoms. The highest BCUT2D eigenvalue weighted by atomic mass is 31.2. The Kier molecular flexibility index (Phi) is 4.32. The molecule has 0 bridgehead atoms. The molecule has 2 aliphatic rings. The van der Waals surface area contributed by atoms with Gasteiger partial charge in [0.05, 0.1) is 5.70 Å². The largest absolute Gasteiger partial charge is 0.627 e. The summed E-state index contributed by atoms with van der Waals surface area (Å²) in [6.45, 7) is 9.19. The van der Waals surface area contributed by atoms with E-state index in [9.17, 15) is 4.89 Å². The van der Waals surface area contributed by atoms with Gasteiger partial charge in [-0.1, -0.05) is 13.8 Å². The number of rotatable bonds is 2. The number of hydrogen-bond acceptors (Lipinski definition) is 4. The summed E-state index contributed by atoms with van der Waals surface area (Å²) >= 11 is 0. The van der Waals surface area contributed by atoms with Crippen LogP contribution in [0.25, 0.3) is 0 Å². The van der Waals surface area contributed by atoms with Crippen LogP contribution in [-0.2, 0) is 9.05 Å². The maximum Gasteiger partial charge on any atom is 0.265 e. The van der Waals surface area contributed by atoms with Crippen molar-refractivity contribution in [2.75, 3.05) is 26.3 Å². The monoisotopic (exact) mass is 273 g/mol. The minimum Gasteiger partial charge on any atom is -0.627 e. The third kappa shape index (κ3) is 3.67. The molecule has 18 heavy (non-hydrogen) atoms. The fraction of sp³-hybridized carbons (Fsp3) is 0.846. The van der Waals surface area contributed by atoms with Crippen LogP contribution in [-0.4, -0.2) is 31.2 Å². The Morgan fingerprint density at radius 2 is 1.72 bits per heavy atom. The van der Waals surface area contributed by atoms with Crippen LogP contribution >= 0.6 is 7.94 Å². The molecule has 2 saturated heterocycles. The molecule has 2 heterocycles. The van der Waals surface area contributed by atoms with Gasteiger partial charge in [0, 0.05) is 18.5 Å². The predicted molar refractivity (Wildman–Crippen MR) is 71.8 cm³/mol. The molecule has 2 aliphatic heterocycles. The Balaban J connectivity index is 1.98. The first-order valence-electron chi connectivity index (χ1n) is 6.74. The summed E-state index contributed by atoms with van der Waals surface area (Å²) in [4.78, 5) is 14.7. The van der Waals surface area contributed by atoms with Crippen molar-refractivity contribution in [2.24, 2.45) is 5.41 Å². The van der Waals surface area contributed by atoms with E-state index in [-0.39, 0.29) is 5.41 Å².